The Morgan fingerprint density at radius 2 is 2.00 bits per heavy atom. The van der Waals surface area contributed by atoms with Gasteiger partial charge in [-0.15, -0.1) is 0 Å². The maximum absolute atomic E-state index is 5.72. The predicted octanol–water partition coefficient (Wildman–Crippen LogP) is 2.35. The van der Waals surface area contributed by atoms with Crippen LogP contribution in [-0.2, 0) is 0 Å². The van der Waals surface area contributed by atoms with Crippen LogP contribution in [0, 0.1) is 0 Å². The van der Waals surface area contributed by atoms with E-state index in [2.05, 4.69) is 36.3 Å². The van der Waals surface area contributed by atoms with Crippen LogP contribution >= 0.6 is 0 Å². The molecular weight excluding hydrogens is 240 g/mol. The van der Waals surface area contributed by atoms with Crippen LogP contribution in [0.15, 0.2) is 18.2 Å². The summed E-state index contributed by atoms with van der Waals surface area (Å²) in [5, 5.41) is 3.59. The van der Waals surface area contributed by atoms with Gasteiger partial charge >= 0.3 is 0 Å². The van der Waals surface area contributed by atoms with Gasteiger partial charge in [-0.1, -0.05) is 0 Å². The van der Waals surface area contributed by atoms with Crippen molar-refractivity contribution in [2.24, 2.45) is 0 Å². The van der Waals surface area contributed by atoms with E-state index in [9.17, 15) is 0 Å². The second-order valence-electron chi connectivity index (χ2n) is 5.58. The highest BCUT2D eigenvalue weighted by atomic mass is 16.5. The molecule has 2 aliphatic heterocycles. The van der Waals surface area contributed by atoms with Crippen molar-refractivity contribution in [3.8, 4) is 11.5 Å². The van der Waals surface area contributed by atoms with Crippen LogP contribution in [0.5, 0.6) is 11.5 Å². The number of fused-ring (bicyclic) bond motifs is 1. The van der Waals surface area contributed by atoms with Crippen molar-refractivity contribution in [2.75, 3.05) is 32.1 Å². The van der Waals surface area contributed by atoms with Crippen molar-refractivity contribution in [3.63, 3.8) is 0 Å². The van der Waals surface area contributed by atoms with Gasteiger partial charge in [0.15, 0.2) is 11.5 Å². The molecule has 1 aromatic carbocycles. The number of anilines is 1. The van der Waals surface area contributed by atoms with E-state index in [-0.39, 0.29) is 0 Å². The maximum Gasteiger partial charge on any atom is 0.163 e. The zero-order valence-electron chi connectivity index (χ0n) is 11.7. The first-order valence-corrected chi connectivity index (χ1v) is 7.09. The Hall–Kier alpha value is -1.42. The number of likely N-dealkylation sites (tertiary alicyclic amines) is 1. The van der Waals surface area contributed by atoms with Crippen molar-refractivity contribution in [1.82, 2.24) is 4.90 Å². The lowest BCUT2D eigenvalue weighted by atomic mass is 10.2. The van der Waals surface area contributed by atoms with Crippen LogP contribution in [0.2, 0.25) is 0 Å². The fourth-order valence-corrected chi connectivity index (χ4v) is 2.79. The average molecular weight is 262 g/mol. The van der Waals surface area contributed by atoms with Crippen LogP contribution < -0.4 is 14.8 Å². The molecule has 19 heavy (non-hydrogen) atoms. The molecule has 1 fully saturated rings. The van der Waals surface area contributed by atoms with E-state index >= 15 is 0 Å². The Morgan fingerprint density at radius 1 is 1.21 bits per heavy atom. The second kappa shape index (κ2) is 5.29. The Bertz CT molecular complexity index is 440. The largest absolute Gasteiger partial charge is 0.490 e. The molecule has 0 spiro atoms. The second-order valence-corrected chi connectivity index (χ2v) is 5.58. The Kier molecular flexibility index (Phi) is 3.51. The summed E-state index contributed by atoms with van der Waals surface area (Å²) in [5.41, 5.74) is 1.12. The summed E-state index contributed by atoms with van der Waals surface area (Å²) in [6, 6.07) is 7.31. The molecule has 2 aliphatic rings. The minimum Gasteiger partial charge on any atom is -0.490 e. The first-order valence-electron chi connectivity index (χ1n) is 7.09. The molecule has 104 valence electrons. The van der Waals surface area contributed by atoms with Gasteiger partial charge in [-0.2, -0.15) is 0 Å². The van der Waals surface area contributed by atoms with E-state index in [1.54, 1.807) is 0 Å². The van der Waals surface area contributed by atoms with E-state index in [1.807, 2.05) is 6.07 Å². The fraction of sp³-hybridized carbons (Fsp3) is 0.600. The predicted molar refractivity (Wildman–Crippen MR) is 76.2 cm³/mol. The summed E-state index contributed by atoms with van der Waals surface area (Å²) in [6.45, 7) is 4.84. The van der Waals surface area contributed by atoms with Gasteiger partial charge in [0, 0.05) is 36.8 Å². The lowest BCUT2D eigenvalue weighted by Crippen LogP contribution is -2.24. The number of ether oxygens (including phenoxy) is 2. The smallest absolute Gasteiger partial charge is 0.163 e. The molecule has 4 heteroatoms. The summed E-state index contributed by atoms with van der Waals surface area (Å²) in [4.78, 5) is 2.39. The molecule has 0 aliphatic carbocycles. The molecule has 0 bridgehead atoms. The summed E-state index contributed by atoms with van der Waals surface area (Å²) < 4.78 is 11.4. The topological polar surface area (TPSA) is 33.7 Å². The number of likely N-dealkylation sites (N-methyl/N-ethyl adjacent to an activating group) is 1. The molecule has 1 saturated heterocycles. The first kappa shape index (κ1) is 12.6. The average Bonchev–Trinajstić information content (AvgIpc) is 2.61. The molecule has 2 unspecified atom stereocenters. The highest BCUT2D eigenvalue weighted by Crippen LogP contribution is 2.33. The van der Waals surface area contributed by atoms with Gasteiger partial charge in [0.05, 0.1) is 13.2 Å². The maximum atomic E-state index is 5.72. The zero-order chi connectivity index (χ0) is 13.2. The molecule has 1 N–H and O–H groups in total. The van der Waals surface area contributed by atoms with Crippen LogP contribution in [0.25, 0.3) is 0 Å². The molecule has 0 amide bonds. The number of nitrogens with zero attached hydrogens (tertiary/aromatic N) is 1. The third-order valence-electron chi connectivity index (χ3n) is 4.00. The molecular formula is C15H22N2O2. The van der Waals surface area contributed by atoms with E-state index < -0.39 is 0 Å². The van der Waals surface area contributed by atoms with E-state index in [1.165, 1.54) is 6.42 Å². The van der Waals surface area contributed by atoms with E-state index in [4.69, 9.17) is 9.47 Å². The fourth-order valence-electron chi connectivity index (χ4n) is 2.79. The Labute approximate surface area is 114 Å². The number of nitrogens with one attached hydrogen (secondary N) is 1. The quantitative estimate of drug-likeness (QED) is 0.887. The third kappa shape index (κ3) is 2.78. The van der Waals surface area contributed by atoms with Crippen molar-refractivity contribution in [1.29, 1.82) is 0 Å². The number of hydrogen-bond acceptors (Lipinski definition) is 4. The lowest BCUT2D eigenvalue weighted by molar-refractivity contribution is 0.297. The van der Waals surface area contributed by atoms with Crippen LogP contribution in [-0.4, -0.2) is 43.8 Å². The van der Waals surface area contributed by atoms with E-state index in [0.717, 1.165) is 43.4 Å². The Morgan fingerprint density at radius 3 is 2.74 bits per heavy atom. The van der Waals surface area contributed by atoms with E-state index in [0.29, 0.717) is 12.1 Å². The summed E-state index contributed by atoms with van der Waals surface area (Å²) >= 11 is 0. The van der Waals surface area contributed by atoms with Gasteiger partial charge in [-0.3, -0.25) is 0 Å². The minimum absolute atomic E-state index is 0.518. The van der Waals surface area contributed by atoms with Gasteiger partial charge < -0.3 is 19.7 Å². The van der Waals surface area contributed by atoms with Crippen molar-refractivity contribution < 1.29 is 9.47 Å². The molecule has 0 saturated carbocycles. The van der Waals surface area contributed by atoms with Gasteiger partial charge in [-0.25, -0.2) is 0 Å². The summed E-state index contributed by atoms with van der Waals surface area (Å²) in [5.74, 6) is 1.72. The summed E-state index contributed by atoms with van der Waals surface area (Å²) in [6.07, 6.45) is 2.13. The molecule has 2 atom stereocenters. The van der Waals surface area contributed by atoms with Crippen molar-refractivity contribution >= 4 is 5.69 Å². The minimum atomic E-state index is 0.518. The molecule has 2 heterocycles. The van der Waals surface area contributed by atoms with Gasteiger partial charge in [0.2, 0.25) is 0 Å². The molecule has 4 nitrogen and oxygen atoms in total. The van der Waals surface area contributed by atoms with Crippen LogP contribution in [0.3, 0.4) is 0 Å². The SMILES string of the molecule is CC1CC(Nc2ccc3c(c2)OCCCO3)CN1C. The monoisotopic (exact) mass is 262 g/mol. The highest BCUT2D eigenvalue weighted by molar-refractivity contribution is 5.55. The molecule has 0 radical (unpaired) electrons. The van der Waals surface area contributed by atoms with Gasteiger partial charge in [0.25, 0.3) is 0 Å². The number of hydrogen-bond donors (Lipinski definition) is 1. The van der Waals surface area contributed by atoms with Crippen molar-refractivity contribution in [3.05, 3.63) is 18.2 Å². The molecule has 3 rings (SSSR count). The lowest BCUT2D eigenvalue weighted by Gasteiger charge is -2.16. The number of benzene rings is 1. The first-order chi connectivity index (χ1) is 9.22. The van der Waals surface area contributed by atoms with Crippen molar-refractivity contribution in [2.45, 2.75) is 31.8 Å². The third-order valence-corrected chi connectivity index (χ3v) is 4.00. The standard InChI is InChI=1S/C15H22N2O2/c1-11-8-13(10-17(11)2)16-12-4-5-14-15(9-12)19-7-3-6-18-14/h4-5,9,11,13,16H,3,6-8,10H2,1-2H3. The highest BCUT2D eigenvalue weighted by Gasteiger charge is 2.26. The van der Waals surface area contributed by atoms with Crippen LogP contribution in [0.1, 0.15) is 19.8 Å². The van der Waals surface area contributed by atoms with Gasteiger partial charge in [0.1, 0.15) is 0 Å². The van der Waals surface area contributed by atoms with Gasteiger partial charge in [-0.05, 0) is 32.5 Å². The Balaban J connectivity index is 1.70. The van der Waals surface area contributed by atoms with Crippen LogP contribution in [0.4, 0.5) is 5.69 Å². The summed E-state index contributed by atoms with van der Waals surface area (Å²) in [7, 11) is 2.18. The number of rotatable bonds is 2. The normalized spacial score (nSPS) is 27.1. The zero-order valence-corrected chi connectivity index (χ0v) is 11.7. The molecule has 1 aromatic rings. The molecule has 0 aromatic heterocycles.